The predicted molar refractivity (Wildman–Crippen MR) is 109 cm³/mol. The average Bonchev–Trinajstić information content (AvgIpc) is 2.75. The van der Waals surface area contributed by atoms with Crippen LogP contribution >= 0.6 is 0 Å². The normalized spacial score (nSPS) is 12.5. The number of carbonyl (C=O) groups is 2. The highest BCUT2D eigenvalue weighted by Gasteiger charge is 2.34. The van der Waals surface area contributed by atoms with E-state index in [1.165, 1.54) is 28.4 Å². The van der Waals surface area contributed by atoms with Gasteiger partial charge in [-0.2, -0.15) is 0 Å². The molecule has 0 amide bonds. The molecule has 0 aromatic heterocycles. The number of methoxy groups -OCH3 is 4. The van der Waals surface area contributed by atoms with Crippen molar-refractivity contribution in [1.82, 2.24) is 0 Å². The molecule has 2 N–H and O–H groups in total. The summed E-state index contributed by atoms with van der Waals surface area (Å²) in [5.41, 5.74) is 1.28. The third-order valence-corrected chi connectivity index (χ3v) is 4.93. The molecule has 0 aliphatic carbocycles. The van der Waals surface area contributed by atoms with Crippen LogP contribution in [0.1, 0.15) is 11.1 Å². The van der Waals surface area contributed by atoms with E-state index < -0.39 is 23.8 Å². The van der Waals surface area contributed by atoms with Gasteiger partial charge in [0.15, 0.2) is 23.0 Å². The zero-order chi connectivity index (χ0) is 22.3. The second-order valence-electron chi connectivity index (χ2n) is 6.68. The summed E-state index contributed by atoms with van der Waals surface area (Å²) in [6, 6.07) is 10.0. The van der Waals surface area contributed by atoms with Crippen molar-refractivity contribution in [1.29, 1.82) is 0 Å². The molecule has 162 valence electrons. The van der Waals surface area contributed by atoms with Crippen molar-refractivity contribution in [2.24, 2.45) is 11.8 Å². The lowest BCUT2D eigenvalue weighted by Crippen LogP contribution is -2.33. The van der Waals surface area contributed by atoms with E-state index in [4.69, 9.17) is 18.9 Å². The SMILES string of the molecule is COc1ccc(C[C@H](C(=O)O)[C@@H](Cc2ccc(OC)c(OC)c2)C(=O)O)cc1OC. The van der Waals surface area contributed by atoms with Crippen LogP contribution < -0.4 is 18.9 Å². The quantitative estimate of drug-likeness (QED) is 0.573. The number of hydrogen-bond acceptors (Lipinski definition) is 6. The van der Waals surface area contributed by atoms with E-state index in [0.717, 1.165) is 0 Å². The molecular formula is C22H26O8. The number of hydrogen-bond donors (Lipinski definition) is 2. The van der Waals surface area contributed by atoms with Crippen LogP contribution in [0.15, 0.2) is 36.4 Å². The smallest absolute Gasteiger partial charge is 0.307 e. The van der Waals surface area contributed by atoms with Gasteiger partial charge in [-0.05, 0) is 48.2 Å². The Balaban J connectivity index is 2.33. The van der Waals surface area contributed by atoms with Crippen molar-refractivity contribution >= 4 is 11.9 Å². The molecule has 0 unspecified atom stereocenters. The maximum absolute atomic E-state index is 12.0. The minimum Gasteiger partial charge on any atom is -0.493 e. The summed E-state index contributed by atoms with van der Waals surface area (Å²) in [4.78, 5) is 24.0. The fourth-order valence-corrected chi connectivity index (χ4v) is 3.33. The highest BCUT2D eigenvalue weighted by atomic mass is 16.5. The lowest BCUT2D eigenvalue weighted by atomic mass is 9.82. The van der Waals surface area contributed by atoms with Gasteiger partial charge in [0, 0.05) is 0 Å². The molecule has 0 saturated carbocycles. The molecule has 2 rings (SSSR count). The molecule has 0 bridgehead atoms. The number of benzene rings is 2. The summed E-state index contributed by atoms with van der Waals surface area (Å²) < 4.78 is 20.9. The number of ether oxygens (including phenoxy) is 4. The van der Waals surface area contributed by atoms with Crippen molar-refractivity contribution in [3.05, 3.63) is 47.5 Å². The zero-order valence-corrected chi connectivity index (χ0v) is 17.4. The van der Waals surface area contributed by atoms with E-state index in [0.29, 0.717) is 34.1 Å². The Bertz CT molecular complexity index is 819. The molecule has 0 radical (unpaired) electrons. The largest absolute Gasteiger partial charge is 0.493 e. The van der Waals surface area contributed by atoms with E-state index in [2.05, 4.69) is 0 Å². The van der Waals surface area contributed by atoms with Gasteiger partial charge in [-0.3, -0.25) is 9.59 Å². The molecule has 0 fully saturated rings. The van der Waals surface area contributed by atoms with Crippen LogP contribution in [0.2, 0.25) is 0 Å². The summed E-state index contributed by atoms with van der Waals surface area (Å²) in [7, 11) is 5.96. The van der Waals surface area contributed by atoms with Gasteiger partial charge in [0.05, 0.1) is 40.3 Å². The molecule has 0 aliphatic rings. The number of carboxylic acid groups (broad SMARTS) is 2. The van der Waals surface area contributed by atoms with E-state index in [9.17, 15) is 19.8 Å². The van der Waals surface area contributed by atoms with E-state index in [1.807, 2.05) is 0 Å². The molecule has 8 heteroatoms. The first-order chi connectivity index (χ1) is 14.3. The average molecular weight is 418 g/mol. The molecule has 0 aliphatic heterocycles. The first-order valence-corrected chi connectivity index (χ1v) is 9.22. The zero-order valence-electron chi connectivity index (χ0n) is 17.4. The van der Waals surface area contributed by atoms with Crippen LogP contribution in [0.25, 0.3) is 0 Å². The second-order valence-corrected chi connectivity index (χ2v) is 6.68. The van der Waals surface area contributed by atoms with Crippen LogP contribution in [0.3, 0.4) is 0 Å². The summed E-state index contributed by atoms with van der Waals surface area (Å²) in [6.07, 6.45) is 0.0554. The Morgan fingerprint density at radius 1 is 0.667 bits per heavy atom. The molecular weight excluding hydrogens is 392 g/mol. The number of rotatable bonds is 11. The van der Waals surface area contributed by atoms with Crippen molar-refractivity contribution < 1.29 is 38.7 Å². The van der Waals surface area contributed by atoms with Gasteiger partial charge in [-0.25, -0.2) is 0 Å². The maximum Gasteiger partial charge on any atom is 0.307 e. The van der Waals surface area contributed by atoms with Crippen LogP contribution in [-0.4, -0.2) is 50.6 Å². The maximum atomic E-state index is 12.0. The molecule has 2 aromatic carbocycles. The topological polar surface area (TPSA) is 112 Å². The number of aliphatic carboxylic acids is 2. The standard InChI is InChI=1S/C22H26O8/c1-27-17-7-5-13(11-19(17)29-3)9-15(21(23)24)16(22(25)26)10-14-6-8-18(28-2)20(12-14)30-4/h5-8,11-12,15-16H,9-10H2,1-4H3,(H,23,24)(H,25,26)/t15-,16+. The predicted octanol–water partition coefficient (Wildman–Crippen LogP) is 2.91. The van der Waals surface area contributed by atoms with Crippen LogP contribution in [0, 0.1) is 11.8 Å². The third-order valence-electron chi connectivity index (χ3n) is 4.93. The van der Waals surface area contributed by atoms with E-state index >= 15 is 0 Å². The Kier molecular flexibility index (Phi) is 7.91. The minimum absolute atomic E-state index is 0.0277. The first-order valence-electron chi connectivity index (χ1n) is 9.22. The highest BCUT2D eigenvalue weighted by Crippen LogP contribution is 2.32. The van der Waals surface area contributed by atoms with Gasteiger partial charge >= 0.3 is 11.9 Å². The van der Waals surface area contributed by atoms with Crippen LogP contribution in [0.4, 0.5) is 0 Å². The molecule has 8 nitrogen and oxygen atoms in total. The number of carboxylic acids is 2. The second kappa shape index (κ2) is 10.4. The lowest BCUT2D eigenvalue weighted by Gasteiger charge is -2.21. The van der Waals surface area contributed by atoms with Gasteiger partial charge in [0.25, 0.3) is 0 Å². The van der Waals surface area contributed by atoms with E-state index in [1.54, 1.807) is 36.4 Å². The van der Waals surface area contributed by atoms with Gasteiger partial charge in [-0.1, -0.05) is 12.1 Å². The van der Waals surface area contributed by atoms with Gasteiger partial charge in [0.1, 0.15) is 0 Å². The van der Waals surface area contributed by atoms with Crippen LogP contribution in [0.5, 0.6) is 23.0 Å². The Morgan fingerprint density at radius 3 is 1.27 bits per heavy atom. The molecule has 2 aromatic rings. The Labute approximate surface area is 175 Å². The molecule has 2 atom stereocenters. The van der Waals surface area contributed by atoms with Crippen molar-refractivity contribution in [2.45, 2.75) is 12.8 Å². The molecule has 0 heterocycles. The minimum atomic E-state index is -1.18. The molecule has 0 saturated heterocycles. The van der Waals surface area contributed by atoms with Crippen molar-refractivity contribution in [3.63, 3.8) is 0 Å². The highest BCUT2D eigenvalue weighted by molar-refractivity contribution is 5.80. The van der Waals surface area contributed by atoms with Gasteiger partial charge in [0.2, 0.25) is 0 Å². The van der Waals surface area contributed by atoms with Crippen LogP contribution in [-0.2, 0) is 22.4 Å². The summed E-state index contributed by atoms with van der Waals surface area (Å²) in [6.45, 7) is 0. The molecule has 0 spiro atoms. The fourth-order valence-electron chi connectivity index (χ4n) is 3.33. The van der Waals surface area contributed by atoms with Crippen molar-refractivity contribution in [2.75, 3.05) is 28.4 Å². The fraction of sp³-hybridized carbons (Fsp3) is 0.364. The summed E-state index contributed by atoms with van der Waals surface area (Å²) in [5, 5.41) is 19.6. The van der Waals surface area contributed by atoms with Gasteiger partial charge < -0.3 is 29.2 Å². The summed E-state index contributed by atoms with van der Waals surface area (Å²) >= 11 is 0. The van der Waals surface area contributed by atoms with Gasteiger partial charge in [-0.15, -0.1) is 0 Å². The Morgan fingerprint density at radius 2 is 1.00 bits per heavy atom. The third kappa shape index (κ3) is 5.34. The van der Waals surface area contributed by atoms with E-state index in [-0.39, 0.29) is 12.8 Å². The lowest BCUT2D eigenvalue weighted by molar-refractivity contribution is -0.153. The first kappa shape index (κ1) is 22.9. The monoisotopic (exact) mass is 418 g/mol. The molecule has 30 heavy (non-hydrogen) atoms. The van der Waals surface area contributed by atoms with Crippen molar-refractivity contribution in [3.8, 4) is 23.0 Å². The Hall–Kier alpha value is -3.42. The summed E-state index contributed by atoms with van der Waals surface area (Å²) in [5.74, 6) is -2.74.